The molecule has 1 fully saturated rings. The number of hydrazine groups is 1. The van der Waals surface area contributed by atoms with Gasteiger partial charge >= 0.3 is 5.69 Å². The lowest BCUT2D eigenvalue weighted by Crippen LogP contribution is -2.39. The quantitative estimate of drug-likeness (QED) is 0.432. The van der Waals surface area contributed by atoms with Crippen molar-refractivity contribution in [1.29, 1.82) is 0 Å². The first-order chi connectivity index (χ1) is 9.01. The number of carbonyl (C=O) groups excluding carboxylic acids is 1. The average molecular weight is 266 g/mol. The molecule has 7 heteroatoms. The van der Waals surface area contributed by atoms with Gasteiger partial charge in [0, 0.05) is 11.4 Å². The lowest BCUT2D eigenvalue weighted by molar-refractivity contribution is -0.132. The van der Waals surface area contributed by atoms with E-state index in [1.54, 1.807) is 11.5 Å². The van der Waals surface area contributed by atoms with E-state index in [1.165, 1.54) is 0 Å². The summed E-state index contributed by atoms with van der Waals surface area (Å²) in [6, 6.07) is 1.85. The van der Waals surface area contributed by atoms with Crippen molar-refractivity contribution in [2.75, 3.05) is 0 Å². The Morgan fingerprint density at radius 2 is 2.32 bits per heavy atom. The number of rotatable bonds is 3. The summed E-state index contributed by atoms with van der Waals surface area (Å²) in [4.78, 5) is 27.1. The molecule has 2 unspecified atom stereocenters. The Labute approximate surface area is 110 Å². The summed E-state index contributed by atoms with van der Waals surface area (Å²) < 4.78 is 7.15. The maximum absolute atomic E-state index is 11.8. The molecule has 3 N–H and O–H groups in total. The summed E-state index contributed by atoms with van der Waals surface area (Å²) in [7, 11) is 0. The molecule has 2 rings (SSSR count). The summed E-state index contributed by atoms with van der Waals surface area (Å²) in [6.07, 6.45) is 0.645. The van der Waals surface area contributed by atoms with Crippen LogP contribution in [0.3, 0.4) is 0 Å². The molecule has 0 spiro atoms. The van der Waals surface area contributed by atoms with Crippen molar-refractivity contribution < 1.29 is 9.53 Å². The number of nitrogens with zero attached hydrogens (tertiary/aromatic N) is 2. The molecular weight excluding hydrogens is 248 g/mol. The van der Waals surface area contributed by atoms with Crippen LogP contribution in [0.15, 0.2) is 10.9 Å². The van der Waals surface area contributed by atoms with E-state index < -0.39 is 6.10 Å². The minimum atomic E-state index is -0.524. The van der Waals surface area contributed by atoms with Crippen LogP contribution in [0.2, 0.25) is 0 Å². The normalized spacial score (nSPS) is 22.5. The average Bonchev–Trinajstić information content (AvgIpc) is 2.81. The Morgan fingerprint density at radius 3 is 2.95 bits per heavy atom. The first-order valence-electron chi connectivity index (χ1n) is 6.22. The number of hydrogen-bond acceptors (Lipinski definition) is 5. The SMILES string of the molecule is Cc1cc(C)n(CC2CCC(C(=O)NN)O2)c(=O)n1. The fourth-order valence-corrected chi connectivity index (χ4v) is 2.33. The second-order valence-electron chi connectivity index (χ2n) is 4.76. The van der Waals surface area contributed by atoms with E-state index in [0.29, 0.717) is 18.7 Å². The molecule has 0 bridgehead atoms. The number of nitrogens with two attached hydrogens (primary N) is 1. The monoisotopic (exact) mass is 266 g/mol. The van der Waals surface area contributed by atoms with Crippen LogP contribution in [-0.4, -0.2) is 27.7 Å². The van der Waals surface area contributed by atoms with Gasteiger partial charge in [-0.25, -0.2) is 10.6 Å². The Morgan fingerprint density at radius 1 is 1.58 bits per heavy atom. The van der Waals surface area contributed by atoms with Gasteiger partial charge in [-0.1, -0.05) is 0 Å². The van der Waals surface area contributed by atoms with Crippen molar-refractivity contribution in [3.8, 4) is 0 Å². The van der Waals surface area contributed by atoms with Gasteiger partial charge in [0.15, 0.2) is 0 Å². The summed E-state index contributed by atoms with van der Waals surface area (Å²) in [5, 5.41) is 0. The Kier molecular flexibility index (Phi) is 3.96. The molecule has 104 valence electrons. The molecule has 0 radical (unpaired) electrons. The highest BCUT2D eigenvalue weighted by Gasteiger charge is 2.30. The van der Waals surface area contributed by atoms with Gasteiger partial charge < -0.3 is 4.74 Å². The van der Waals surface area contributed by atoms with Gasteiger partial charge in [0.05, 0.1) is 12.6 Å². The van der Waals surface area contributed by atoms with E-state index in [1.807, 2.05) is 13.0 Å². The van der Waals surface area contributed by atoms with Gasteiger partial charge in [0.2, 0.25) is 0 Å². The zero-order valence-electron chi connectivity index (χ0n) is 11.0. The Hall–Kier alpha value is -1.73. The largest absolute Gasteiger partial charge is 0.363 e. The topological polar surface area (TPSA) is 99.2 Å². The van der Waals surface area contributed by atoms with Crippen LogP contribution in [0, 0.1) is 13.8 Å². The number of amides is 1. The van der Waals surface area contributed by atoms with Crippen molar-refractivity contribution in [2.24, 2.45) is 5.84 Å². The number of carbonyl (C=O) groups is 1. The van der Waals surface area contributed by atoms with E-state index in [9.17, 15) is 9.59 Å². The molecule has 1 saturated heterocycles. The molecule has 0 aromatic carbocycles. The van der Waals surface area contributed by atoms with Crippen LogP contribution in [-0.2, 0) is 16.1 Å². The predicted octanol–water partition coefficient (Wildman–Crippen LogP) is -0.602. The summed E-state index contributed by atoms with van der Waals surface area (Å²) >= 11 is 0. The van der Waals surface area contributed by atoms with Crippen molar-refractivity contribution in [2.45, 2.75) is 45.4 Å². The Bertz CT molecular complexity index is 540. The highest BCUT2D eigenvalue weighted by molar-refractivity contribution is 5.80. The van der Waals surface area contributed by atoms with Gasteiger partial charge in [-0.15, -0.1) is 0 Å². The molecule has 0 aliphatic carbocycles. The molecule has 1 aromatic heterocycles. The van der Waals surface area contributed by atoms with Crippen LogP contribution in [0.1, 0.15) is 24.2 Å². The standard InChI is InChI=1S/C12H18N4O3/c1-7-5-8(2)16(12(18)14-7)6-9-3-4-10(19-9)11(17)15-13/h5,9-10H,3-4,6,13H2,1-2H3,(H,15,17). The van der Waals surface area contributed by atoms with Crippen molar-refractivity contribution in [1.82, 2.24) is 15.0 Å². The number of ether oxygens (including phenoxy) is 1. The van der Waals surface area contributed by atoms with E-state index in [-0.39, 0.29) is 17.7 Å². The third-order valence-corrected chi connectivity index (χ3v) is 3.27. The smallest absolute Gasteiger partial charge is 0.348 e. The van der Waals surface area contributed by atoms with Crippen LogP contribution in [0.4, 0.5) is 0 Å². The maximum Gasteiger partial charge on any atom is 0.348 e. The molecule has 2 heterocycles. The zero-order chi connectivity index (χ0) is 14.0. The summed E-state index contributed by atoms with van der Waals surface area (Å²) in [5.41, 5.74) is 3.33. The van der Waals surface area contributed by atoms with Crippen LogP contribution < -0.4 is 17.0 Å². The summed E-state index contributed by atoms with van der Waals surface area (Å²) in [6.45, 7) is 4.05. The molecule has 1 amide bonds. The van der Waals surface area contributed by atoms with Crippen molar-refractivity contribution in [3.05, 3.63) is 27.9 Å². The molecule has 1 aromatic rings. The lowest BCUT2D eigenvalue weighted by Gasteiger charge is -2.15. The third-order valence-electron chi connectivity index (χ3n) is 3.27. The van der Waals surface area contributed by atoms with Gasteiger partial charge in [0.1, 0.15) is 6.10 Å². The molecule has 1 aliphatic rings. The van der Waals surface area contributed by atoms with Crippen molar-refractivity contribution >= 4 is 5.91 Å². The van der Waals surface area contributed by atoms with Gasteiger partial charge in [-0.2, -0.15) is 4.98 Å². The second kappa shape index (κ2) is 5.50. The minimum absolute atomic E-state index is 0.164. The second-order valence-corrected chi connectivity index (χ2v) is 4.76. The van der Waals surface area contributed by atoms with Gasteiger partial charge in [-0.05, 0) is 32.8 Å². The first-order valence-corrected chi connectivity index (χ1v) is 6.22. The fraction of sp³-hybridized carbons (Fsp3) is 0.583. The van der Waals surface area contributed by atoms with Crippen LogP contribution >= 0.6 is 0 Å². The number of nitrogens with one attached hydrogen (secondary N) is 1. The molecule has 19 heavy (non-hydrogen) atoms. The zero-order valence-corrected chi connectivity index (χ0v) is 11.0. The van der Waals surface area contributed by atoms with E-state index in [0.717, 1.165) is 12.1 Å². The van der Waals surface area contributed by atoms with Crippen molar-refractivity contribution in [3.63, 3.8) is 0 Å². The van der Waals surface area contributed by atoms with E-state index in [2.05, 4.69) is 10.4 Å². The van der Waals surface area contributed by atoms with Gasteiger partial charge in [0.25, 0.3) is 5.91 Å². The number of aryl methyl sites for hydroxylation is 2. The molecular formula is C12H18N4O3. The maximum atomic E-state index is 11.8. The molecule has 1 aliphatic heterocycles. The molecule has 0 saturated carbocycles. The van der Waals surface area contributed by atoms with Crippen LogP contribution in [0.25, 0.3) is 0 Å². The lowest BCUT2D eigenvalue weighted by atomic mass is 10.2. The Balaban J connectivity index is 2.08. The molecule has 7 nitrogen and oxygen atoms in total. The number of hydrogen-bond donors (Lipinski definition) is 2. The highest BCUT2D eigenvalue weighted by Crippen LogP contribution is 2.21. The van der Waals surface area contributed by atoms with Gasteiger partial charge in [-0.3, -0.25) is 14.8 Å². The fourth-order valence-electron chi connectivity index (χ4n) is 2.33. The predicted molar refractivity (Wildman–Crippen MR) is 68.2 cm³/mol. The minimum Gasteiger partial charge on any atom is -0.363 e. The third kappa shape index (κ3) is 2.99. The van der Waals surface area contributed by atoms with E-state index in [4.69, 9.17) is 10.6 Å². The highest BCUT2D eigenvalue weighted by atomic mass is 16.5. The molecule has 2 atom stereocenters. The summed E-state index contributed by atoms with van der Waals surface area (Å²) in [5.74, 6) is 4.74. The first kappa shape index (κ1) is 13.7. The number of aromatic nitrogens is 2. The van der Waals surface area contributed by atoms with E-state index >= 15 is 0 Å². The van der Waals surface area contributed by atoms with Crippen LogP contribution in [0.5, 0.6) is 0 Å².